The number of thioether (sulfide) groups is 1. The van der Waals surface area contributed by atoms with Gasteiger partial charge >= 0.3 is 0 Å². The summed E-state index contributed by atoms with van der Waals surface area (Å²) >= 11 is 1.93. The first-order valence-corrected chi connectivity index (χ1v) is 9.91. The molecular formula is C15H24N2O2S2. The minimum Gasteiger partial charge on any atom is -0.380 e. The van der Waals surface area contributed by atoms with E-state index in [1.165, 1.54) is 0 Å². The molecule has 0 bridgehead atoms. The van der Waals surface area contributed by atoms with Crippen molar-refractivity contribution >= 4 is 27.5 Å². The van der Waals surface area contributed by atoms with Crippen molar-refractivity contribution in [3.63, 3.8) is 0 Å². The molecule has 1 fully saturated rings. The molecule has 0 aromatic heterocycles. The van der Waals surface area contributed by atoms with Crippen molar-refractivity contribution in [1.29, 1.82) is 0 Å². The third kappa shape index (κ3) is 4.37. The molecular weight excluding hydrogens is 304 g/mol. The lowest BCUT2D eigenvalue weighted by molar-refractivity contribution is 0.358. The molecule has 4 nitrogen and oxygen atoms in total. The maximum atomic E-state index is 12.3. The van der Waals surface area contributed by atoms with E-state index in [2.05, 4.69) is 23.9 Å². The lowest BCUT2D eigenvalue weighted by atomic mass is 9.88. The molecule has 1 saturated heterocycles. The Morgan fingerprint density at radius 2 is 2.05 bits per heavy atom. The van der Waals surface area contributed by atoms with E-state index in [-0.39, 0.29) is 5.41 Å². The number of para-hydroxylation sites is 1. The van der Waals surface area contributed by atoms with Gasteiger partial charge < -0.3 is 5.32 Å². The highest BCUT2D eigenvalue weighted by molar-refractivity contribution is 7.99. The van der Waals surface area contributed by atoms with Gasteiger partial charge in [-0.05, 0) is 29.7 Å². The molecule has 0 amide bonds. The van der Waals surface area contributed by atoms with E-state index < -0.39 is 10.0 Å². The van der Waals surface area contributed by atoms with Crippen LogP contribution in [0.25, 0.3) is 0 Å². The zero-order chi connectivity index (χ0) is 15.5. The predicted molar refractivity (Wildman–Crippen MR) is 90.4 cm³/mol. The Kier molecular flexibility index (Phi) is 5.22. The number of sulfonamides is 1. The van der Waals surface area contributed by atoms with Crippen molar-refractivity contribution in [3.05, 3.63) is 24.3 Å². The highest BCUT2D eigenvalue weighted by atomic mass is 32.2. The second-order valence-corrected chi connectivity index (χ2v) is 8.99. The minimum absolute atomic E-state index is 0.288. The predicted octanol–water partition coefficient (Wildman–Crippen LogP) is 2.93. The Morgan fingerprint density at radius 3 is 2.71 bits per heavy atom. The van der Waals surface area contributed by atoms with Crippen LogP contribution < -0.4 is 10.0 Å². The summed E-state index contributed by atoms with van der Waals surface area (Å²) in [4.78, 5) is 0.334. The fourth-order valence-corrected chi connectivity index (χ4v) is 5.15. The van der Waals surface area contributed by atoms with Crippen LogP contribution in [0.5, 0.6) is 0 Å². The standard InChI is InChI=1S/C15H24N2O2S2/c1-4-16-21(18,19)14-8-6-5-7-13(14)17-12-9-15(2,3)11-20-10-12/h5-8,12,16-17H,4,9-11H2,1-3H3. The SMILES string of the molecule is CCNS(=O)(=O)c1ccccc1NC1CSCC(C)(C)C1. The first-order chi connectivity index (χ1) is 9.84. The Balaban J connectivity index is 2.21. The first-order valence-electron chi connectivity index (χ1n) is 7.27. The molecule has 0 spiro atoms. The Hall–Kier alpha value is -0.720. The van der Waals surface area contributed by atoms with Gasteiger partial charge in [0.15, 0.2) is 0 Å². The van der Waals surface area contributed by atoms with Crippen LogP contribution in [0.1, 0.15) is 27.2 Å². The zero-order valence-corrected chi connectivity index (χ0v) is 14.5. The average molecular weight is 329 g/mol. The molecule has 0 saturated carbocycles. The number of hydrogen-bond acceptors (Lipinski definition) is 4. The molecule has 6 heteroatoms. The van der Waals surface area contributed by atoms with Gasteiger partial charge in [-0.15, -0.1) is 0 Å². The summed E-state index contributed by atoms with van der Waals surface area (Å²) in [7, 11) is -3.44. The van der Waals surface area contributed by atoms with Gasteiger partial charge in [0.2, 0.25) is 10.0 Å². The molecule has 21 heavy (non-hydrogen) atoms. The van der Waals surface area contributed by atoms with Crippen LogP contribution in [0.4, 0.5) is 5.69 Å². The molecule has 1 heterocycles. The van der Waals surface area contributed by atoms with Crippen molar-refractivity contribution in [1.82, 2.24) is 4.72 Å². The molecule has 1 unspecified atom stereocenters. The maximum Gasteiger partial charge on any atom is 0.242 e. The molecule has 1 aliphatic heterocycles. The average Bonchev–Trinajstić information content (AvgIpc) is 2.38. The summed E-state index contributed by atoms with van der Waals surface area (Å²) in [6.07, 6.45) is 1.05. The van der Waals surface area contributed by atoms with Crippen molar-refractivity contribution in [2.75, 3.05) is 23.4 Å². The lowest BCUT2D eigenvalue weighted by Crippen LogP contribution is -2.36. The molecule has 2 N–H and O–H groups in total. The third-order valence-corrected chi connectivity index (χ3v) is 6.71. The van der Waals surface area contributed by atoms with Gasteiger partial charge in [-0.25, -0.2) is 13.1 Å². The van der Waals surface area contributed by atoms with E-state index in [1.807, 2.05) is 23.9 Å². The lowest BCUT2D eigenvalue weighted by Gasteiger charge is -2.35. The maximum absolute atomic E-state index is 12.3. The number of benzene rings is 1. The van der Waals surface area contributed by atoms with Gasteiger partial charge in [0.05, 0.1) is 5.69 Å². The second kappa shape index (κ2) is 6.58. The normalized spacial score (nSPS) is 22.0. The van der Waals surface area contributed by atoms with Gasteiger partial charge in [0, 0.05) is 18.3 Å². The van der Waals surface area contributed by atoms with E-state index >= 15 is 0 Å². The zero-order valence-electron chi connectivity index (χ0n) is 12.8. The Bertz CT molecular complexity index is 585. The van der Waals surface area contributed by atoms with E-state index in [4.69, 9.17) is 0 Å². The van der Waals surface area contributed by atoms with Crippen LogP contribution >= 0.6 is 11.8 Å². The van der Waals surface area contributed by atoms with E-state index in [1.54, 1.807) is 19.1 Å². The van der Waals surface area contributed by atoms with Crippen LogP contribution in [-0.2, 0) is 10.0 Å². The molecule has 1 aliphatic rings. The summed E-state index contributed by atoms with van der Waals surface area (Å²) in [5.74, 6) is 2.17. The molecule has 1 aromatic carbocycles. The monoisotopic (exact) mass is 328 g/mol. The highest BCUT2D eigenvalue weighted by Crippen LogP contribution is 2.35. The molecule has 1 atom stereocenters. The number of rotatable bonds is 5. The van der Waals surface area contributed by atoms with Crippen molar-refractivity contribution in [2.24, 2.45) is 5.41 Å². The van der Waals surface area contributed by atoms with Gasteiger partial charge in [0.1, 0.15) is 4.90 Å². The summed E-state index contributed by atoms with van der Waals surface area (Å²) < 4.78 is 27.1. The van der Waals surface area contributed by atoms with E-state index in [0.29, 0.717) is 23.2 Å². The van der Waals surface area contributed by atoms with Crippen molar-refractivity contribution < 1.29 is 8.42 Å². The molecule has 1 aromatic rings. The number of anilines is 1. The molecule has 118 valence electrons. The molecule has 0 radical (unpaired) electrons. The Labute approximate surface area is 132 Å². The topological polar surface area (TPSA) is 58.2 Å². The van der Waals surface area contributed by atoms with Gasteiger partial charge in [-0.1, -0.05) is 32.9 Å². The summed E-state index contributed by atoms with van der Waals surface area (Å²) in [6.45, 7) is 6.70. The van der Waals surface area contributed by atoms with E-state index in [0.717, 1.165) is 17.9 Å². The largest absolute Gasteiger partial charge is 0.380 e. The fraction of sp³-hybridized carbons (Fsp3) is 0.600. The fourth-order valence-electron chi connectivity index (χ4n) is 2.66. The quantitative estimate of drug-likeness (QED) is 0.872. The second-order valence-electron chi connectivity index (χ2n) is 6.22. The van der Waals surface area contributed by atoms with Crippen molar-refractivity contribution in [3.8, 4) is 0 Å². The highest BCUT2D eigenvalue weighted by Gasteiger charge is 2.29. The van der Waals surface area contributed by atoms with Crippen LogP contribution in [-0.4, -0.2) is 32.5 Å². The molecule has 0 aliphatic carbocycles. The minimum atomic E-state index is -3.44. The van der Waals surface area contributed by atoms with Crippen LogP contribution in [0.15, 0.2) is 29.2 Å². The van der Waals surface area contributed by atoms with Crippen LogP contribution in [0.3, 0.4) is 0 Å². The number of nitrogens with one attached hydrogen (secondary N) is 2. The van der Waals surface area contributed by atoms with Crippen molar-refractivity contribution in [2.45, 2.75) is 38.1 Å². The van der Waals surface area contributed by atoms with Crippen LogP contribution in [0, 0.1) is 5.41 Å². The number of hydrogen-bond donors (Lipinski definition) is 2. The summed E-state index contributed by atoms with van der Waals surface area (Å²) in [6, 6.07) is 7.43. The van der Waals surface area contributed by atoms with Crippen LogP contribution in [0.2, 0.25) is 0 Å². The van der Waals surface area contributed by atoms with Gasteiger partial charge in [-0.3, -0.25) is 0 Å². The van der Waals surface area contributed by atoms with E-state index in [9.17, 15) is 8.42 Å². The smallest absolute Gasteiger partial charge is 0.242 e. The summed E-state index contributed by atoms with van der Waals surface area (Å²) in [5.41, 5.74) is 0.984. The van der Waals surface area contributed by atoms with Gasteiger partial charge in [0.25, 0.3) is 0 Å². The summed E-state index contributed by atoms with van der Waals surface area (Å²) in [5, 5.41) is 3.43. The van der Waals surface area contributed by atoms with Gasteiger partial charge in [-0.2, -0.15) is 11.8 Å². The molecule has 2 rings (SSSR count). The Morgan fingerprint density at radius 1 is 1.33 bits per heavy atom. The third-order valence-electron chi connectivity index (χ3n) is 3.48. The first kappa shape index (κ1) is 16.6.